The lowest BCUT2D eigenvalue weighted by molar-refractivity contribution is -0.00833. The number of hydrogen-bond acceptors (Lipinski definition) is 5. The number of aryl methyl sites for hydroxylation is 1. The zero-order chi connectivity index (χ0) is 19.3. The van der Waals surface area contributed by atoms with Crippen LogP contribution in [0.1, 0.15) is 17.2 Å². The third kappa shape index (κ3) is 6.30. The van der Waals surface area contributed by atoms with Crippen LogP contribution in [-0.2, 0) is 14.6 Å². The topological polar surface area (TPSA) is 74.2 Å². The van der Waals surface area contributed by atoms with Gasteiger partial charge in [0.15, 0.2) is 15.8 Å². The third-order valence-corrected chi connectivity index (χ3v) is 6.87. The fourth-order valence-corrected chi connectivity index (χ4v) is 4.89. The largest absolute Gasteiger partial charge is 0.370 e. The van der Waals surface area contributed by atoms with E-state index in [0.29, 0.717) is 19.7 Å². The van der Waals surface area contributed by atoms with Gasteiger partial charge in [0, 0.05) is 39.8 Å². The first-order chi connectivity index (χ1) is 13.0. The van der Waals surface area contributed by atoms with Crippen LogP contribution in [0, 0.1) is 6.92 Å². The molecule has 28 heavy (non-hydrogen) atoms. The van der Waals surface area contributed by atoms with Crippen molar-refractivity contribution in [1.82, 2.24) is 15.1 Å². The van der Waals surface area contributed by atoms with Crippen molar-refractivity contribution in [2.75, 3.05) is 64.4 Å². The van der Waals surface area contributed by atoms with Crippen LogP contribution in [0.3, 0.4) is 0 Å². The Kier molecular flexibility index (Phi) is 8.97. The first-order valence-electron chi connectivity index (χ1n) is 9.54. The normalized spacial score (nSPS) is 23.1. The van der Waals surface area contributed by atoms with Gasteiger partial charge >= 0.3 is 0 Å². The van der Waals surface area contributed by atoms with Crippen molar-refractivity contribution >= 4 is 39.8 Å². The summed E-state index contributed by atoms with van der Waals surface area (Å²) >= 11 is 0. The fraction of sp³-hybridized carbons (Fsp3) is 0.632. The lowest BCUT2D eigenvalue weighted by atomic mass is 10.0. The van der Waals surface area contributed by atoms with Crippen molar-refractivity contribution in [3.05, 3.63) is 35.4 Å². The lowest BCUT2D eigenvalue weighted by Gasteiger charge is -2.36. The molecular weight excluding hydrogens is 491 g/mol. The highest BCUT2D eigenvalue weighted by molar-refractivity contribution is 14.0. The Morgan fingerprint density at radius 3 is 2.64 bits per heavy atom. The van der Waals surface area contributed by atoms with Crippen LogP contribution in [0.15, 0.2) is 29.3 Å². The number of guanidine groups is 1. The molecule has 9 heteroatoms. The van der Waals surface area contributed by atoms with Crippen LogP contribution in [0.4, 0.5) is 0 Å². The van der Waals surface area contributed by atoms with E-state index in [1.807, 2.05) is 6.07 Å². The standard InChI is InChI=1S/C19H30N4O3S.HI/c1-16-5-3-4-6-17(16)18-15-23(9-12-26-18)19(20-2)21-7-8-22-10-13-27(24,25)14-11-22;/h3-6,18H,7-15H2,1-2H3,(H,20,21);1H. The van der Waals surface area contributed by atoms with E-state index < -0.39 is 9.84 Å². The van der Waals surface area contributed by atoms with E-state index in [2.05, 4.69) is 45.2 Å². The van der Waals surface area contributed by atoms with Gasteiger partial charge in [-0.25, -0.2) is 8.42 Å². The number of rotatable bonds is 4. The van der Waals surface area contributed by atoms with Crippen LogP contribution in [-0.4, -0.2) is 88.6 Å². The average molecular weight is 522 g/mol. The number of morpholine rings is 1. The number of nitrogens with one attached hydrogen (secondary N) is 1. The molecule has 1 aromatic carbocycles. The van der Waals surface area contributed by atoms with E-state index in [9.17, 15) is 8.42 Å². The maximum Gasteiger partial charge on any atom is 0.193 e. The van der Waals surface area contributed by atoms with Gasteiger partial charge in [-0.3, -0.25) is 9.89 Å². The van der Waals surface area contributed by atoms with Crippen molar-refractivity contribution in [3.63, 3.8) is 0 Å². The van der Waals surface area contributed by atoms with Crippen molar-refractivity contribution in [1.29, 1.82) is 0 Å². The molecule has 2 heterocycles. The molecule has 158 valence electrons. The molecule has 0 spiro atoms. The second kappa shape index (κ2) is 10.7. The van der Waals surface area contributed by atoms with E-state index in [1.165, 1.54) is 11.1 Å². The molecule has 0 radical (unpaired) electrons. The number of nitrogens with zero attached hydrogens (tertiary/aromatic N) is 3. The minimum absolute atomic E-state index is 0. The molecule has 1 aromatic rings. The van der Waals surface area contributed by atoms with Gasteiger partial charge in [0.05, 0.1) is 24.7 Å². The number of ether oxygens (including phenoxy) is 1. The predicted octanol–water partition coefficient (Wildman–Crippen LogP) is 1.29. The lowest BCUT2D eigenvalue weighted by Crippen LogP contribution is -2.50. The Morgan fingerprint density at radius 1 is 1.25 bits per heavy atom. The van der Waals surface area contributed by atoms with E-state index in [1.54, 1.807) is 7.05 Å². The molecule has 1 N–H and O–H groups in total. The summed E-state index contributed by atoms with van der Waals surface area (Å²) in [5.74, 6) is 1.41. The summed E-state index contributed by atoms with van der Waals surface area (Å²) < 4.78 is 29.0. The quantitative estimate of drug-likeness (QED) is 0.365. The Hall–Kier alpha value is -0.910. The second-order valence-electron chi connectivity index (χ2n) is 7.13. The maximum atomic E-state index is 11.5. The van der Waals surface area contributed by atoms with Gasteiger partial charge in [-0.15, -0.1) is 24.0 Å². The molecule has 2 fully saturated rings. The van der Waals surface area contributed by atoms with Gasteiger partial charge in [0.25, 0.3) is 0 Å². The van der Waals surface area contributed by atoms with Crippen LogP contribution >= 0.6 is 24.0 Å². The molecule has 1 unspecified atom stereocenters. The van der Waals surface area contributed by atoms with Crippen molar-refractivity contribution < 1.29 is 13.2 Å². The van der Waals surface area contributed by atoms with Crippen molar-refractivity contribution in [2.24, 2.45) is 4.99 Å². The molecule has 1 atom stereocenters. The fourth-order valence-electron chi connectivity index (χ4n) is 3.61. The monoisotopic (exact) mass is 522 g/mol. The first kappa shape index (κ1) is 23.4. The predicted molar refractivity (Wildman–Crippen MR) is 123 cm³/mol. The van der Waals surface area contributed by atoms with Gasteiger partial charge in [0.1, 0.15) is 6.10 Å². The van der Waals surface area contributed by atoms with Crippen LogP contribution in [0.2, 0.25) is 0 Å². The van der Waals surface area contributed by atoms with E-state index >= 15 is 0 Å². The zero-order valence-electron chi connectivity index (χ0n) is 16.6. The second-order valence-corrected chi connectivity index (χ2v) is 9.43. The summed E-state index contributed by atoms with van der Waals surface area (Å²) in [4.78, 5) is 8.86. The minimum Gasteiger partial charge on any atom is -0.370 e. The Morgan fingerprint density at radius 2 is 1.96 bits per heavy atom. The molecule has 0 saturated carbocycles. The first-order valence-corrected chi connectivity index (χ1v) is 11.4. The third-order valence-electron chi connectivity index (χ3n) is 5.26. The SMILES string of the molecule is CN=C(NCCN1CCS(=O)(=O)CC1)N1CCOC(c2ccccc2C)C1.I. The molecule has 3 rings (SSSR count). The van der Waals surface area contributed by atoms with E-state index in [4.69, 9.17) is 4.74 Å². The summed E-state index contributed by atoms with van der Waals surface area (Å²) in [6, 6.07) is 8.34. The highest BCUT2D eigenvalue weighted by atomic mass is 127. The number of benzene rings is 1. The smallest absolute Gasteiger partial charge is 0.193 e. The van der Waals surface area contributed by atoms with E-state index in [-0.39, 0.29) is 41.6 Å². The molecule has 7 nitrogen and oxygen atoms in total. The summed E-state index contributed by atoms with van der Waals surface area (Å²) in [5, 5.41) is 3.42. The molecular formula is C19H31IN4O3S. The average Bonchev–Trinajstić information content (AvgIpc) is 2.67. The van der Waals surface area contributed by atoms with Gasteiger partial charge < -0.3 is 15.0 Å². The van der Waals surface area contributed by atoms with Gasteiger partial charge in [-0.2, -0.15) is 0 Å². The number of aliphatic imine (C=N–C) groups is 1. The number of hydrogen-bond donors (Lipinski definition) is 1. The van der Waals surface area contributed by atoms with Gasteiger partial charge in [-0.05, 0) is 18.1 Å². The van der Waals surface area contributed by atoms with Crippen molar-refractivity contribution in [3.8, 4) is 0 Å². The molecule has 2 aliphatic heterocycles. The van der Waals surface area contributed by atoms with Gasteiger partial charge in [0.2, 0.25) is 0 Å². The Balaban J connectivity index is 0.00000280. The molecule has 2 aliphatic rings. The number of sulfone groups is 1. The minimum atomic E-state index is -2.82. The maximum absolute atomic E-state index is 11.5. The summed E-state index contributed by atoms with van der Waals surface area (Å²) in [5.41, 5.74) is 2.47. The number of halogens is 1. The molecule has 0 aliphatic carbocycles. The summed E-state index contributed by atoms with van der Waals surface area (Å²) in [7, 11) is -1.02. The highest BCUT2D eigenvalue weighted by Crippen LogP contribution is 2.24. The molecule has 2 saturated heterocycles. The summed E-state index contributed by atoms with van der Waals surface area (Å²) in [6.45, 7) is 7.17. The van der Waals surface area contributed by atoms with Crippen LogP contribution in [0.25, 0.3) is 0 Å². The van der Waals surface area contributed by atoms with Gasteiger partial charge in [-0.1, -0.05) is 24.3 Å². The van der Waals surface area contributed by atoms with Crippen LogP contribution in [0.5, 0.6) is 0 Å². The highest BCUT2D eigenvalue weighted by Gasteiger charge is 2.25. The van der Waals surface area contributed by atoms with E-state index in [0.717, 1.165) is 32.1 Å². The molecule has 0 bridgehead atoms. The summed E-state index contributed by atoms with van der Waals surface area (Å²) in [6.07, 6.45) is 0.0470. The van der Waals surface area contributed by atoms with Crippen LogP contribution < -0.4 is 5.32 Å². The Labute approximate surface area is 185 Å². The Bertz CT molecular complexity index is 758. The zero-order valence-corrected chi connectivity index (χ0v) is 19.8. The molecule has 0 amide bonds. The van der Waals surface area contributed by atoms with Crippen molar-refractivity contribution in [2.45, 2.75) is 13.0 Å². The molecule has 0 aromatic heterocycles.